The van der Waals surface area contributed by atoms with Gasteiger partial charge in [0.25, 0.3) is 0 Å². The fourth-order valence-electron chi connectivity index (χ4n) is 2.20. The molecule has 0 spiro atoms. The van der Waals surface area contributed by atoms with Crippen LogP contribution < -0.4 is 0 Å². The molecule has 0 saturated heterocycles. The Morgan fingerprint density at radius 2 is 1.90 bits per heavy atom. The fourth-order valence-corrected chi connectivity index (χ4v) is 2.20. The zero-order chi connectivity index (χ0) is 13.9. The number of pyridine rings is 1. The average Bonchev–Trinajstić information content (AvgIpc) is 2.53. The van der Waals surface area contributed by atoms with Crippen molar-refractivity contribution in [2.45, 2.75) is 0 Å². The Hall–Kier alpha value is -2.99. The lowest BCUT2D eigenvalue weighted by Gasteiger charge is -2.06. The van der Waals surface area contributed by atoms with E-state index in [0.717, 1.165) is 28.3 Å². The Balaban J connectivity index is 2.29. The lowest BCUT2D eigenvalue weighted by atomic mass is 10.0. The lowest BCUT2D eigenvalue weighted by molar-refractivity contribution is 0.112. The first kappa shape index (κ1) is 12.1. The van der Waals surface area contributed by atoms with Gasteiger partial charge in [-0.2, -0.15) is 5.26 Å². The van der Waals surface area contributed by atoms with E-state index >= 15 is 0 Å². The zero-order valence-corrected chi connectivity index (χ0v) is 10.6. The Morgan fingerprint density at radius 1 is 1.05 bits per heavy atom. The SMILES string of the molecule is N#Cc1nc2ccccc2cc1-c1cccc(C=O)c1. The number of nitrogens with zero attached hydrogens (tertiary/aromatic N) is 2. The summed E-state index contributed by atoms with van der Waals surface area (Å²) in [6.45, 7) is 0. The highest BCUT2D eigenvalue weighted by atomic mass is 16.1. The smallest absolute Gasteiger partial charge is 0.150 e. The summed E-state index contributed by atoms with van der Waals surface area (Å²) in [4.78, 5) is 15.3. The zero-order valence-electron chi connectivity index (χ0n) is 10.6. The van der Waals surface area contributed by atoms with E-state index in [1.165, 1.54) is 0 Å². The molecule has 3 rings (SSSR count). The molecule has 3 heteroatoms. The van der Waals surface area contributed by atoms with E-state index in [0.29, 0.717) is 11.3 Å². The van der Waals surface area contributed by atoms with Crippen LogP contribution >= 0.6 is 0 Å². The maximum atomic E-state index is 10.9. The van der Waals surface area contributed by atoms with Crippen LogP contribution in [0.2, 0.25) is 0 Å². The average molecular weight is 258 g/mol. The molecular weight excluding hydrogens is 248 g/mol. The second-order valence-electron chi connectivity index (χ2n) is 4.43. The van der Waals surface area contributed by atoms with Gasteiger partial charge in [-0.05, 0) is 23.8 Å². The van der Waals surface area contributed by atoms with Gasteiger partial charge in [0.2, 0.25) is 0 Å². The van der Waals surface area contributed by atoms with Crippen LogP contribution in [0.1, 0.15) is 16.1 Å². The molecule has 0 aliphatic rings. The van der Waals surface area contributed by atoms with Crippen LogP contribution in [-0.4, -0.2) is 11.3 Å². The van der Waals surface area contributed by atoms with Crippen molar-refractivity contribution in [3.05, 3.63) is 65.9 Å². The van der Waals surface area contributed by atoms with Crippen molar-refractivity contribution in [1.82, 2.24) is 4.98 Å². The first-order chi connectivity index (χ1) is 9.81. The molecule has 3 nitrogen and oxygen atoms in total. The second kappa shape index (κ2) is 4.94. The van der Waals surface area contributed by atoms with E-state index in [4.69, 9.17) is 0 Å². The van der Waals surface area contributed by atoms with Crippen LogP contribution in [0, 0.1) is 11.3 Å². The van der Waals surface area contributed by atoms with Gasteiger partial charge in [0, 0.05) is 16.5 Å². The molecule has 0 saturated carbocycles. The molecule has 1 aromatic heterocycles. The van der Waals surface area contributed by atoms with Crippen molar-refractivity contribution in [3.63, 3.8) is 0 Å². The summed E-state index contributed by atoms with van der Waals surface area (Å²) in [5.41, 5.74) is 3.31. The number of rotatable bonds is 2. The molecule has 0 bridgehead atoms. The molecule has 0 aliphatic heterocycles. The number of fused-ring (bicyclic) bond motifs is 1. The van der Waals surface area contributed by atoms with Gasteiger partial charge >= 0.3 is 0 Å². The van der Waals surface area contributed by atoms with Gasteiger partial charge in [-0.15, -0.1) is 0 Å². The third-order valence-corrected chi connectivity index (χ3v) is 3.16. The van der Waals surface area contributed by atoms with Crippen LogP contribution in [-0.2, 0) is 0 Å². The molecule has 20 heavy (non-hydrogen) atoms. The molecule has 2 aromatic carbocycles. The maximum Gasteiger partial charge on any atom is 0.150 e. The quantitative estimate of drug-likeness (QED) is 0.660. The predicted molar refractivity (Wildman–Crippen MR) is 77.3 cm³/mol. The minimum absolute atomic E-state index is 0.367. The Bertz CT molecular complexity index is 847. The normalized spacial score (nSPS) is 10.2. The van der Waals surface area contributed by atoms with Gasteiger partial charge in [0.15, 0.2) is 0 Å². The van der Waals surface area contributed by atoms with Gasteiger partial charge in [0.05, 0.1) is 5.52 Å². The first-order valence-electron chi connectivity index (χ1n) is 6.17. The fraction of sp³-hybridized carbons (Fsp3) is 0. The van der Waals surface area contributed by atoms with E-state index in [2.05, 4.69) is 11.1 Å². The van der Waals surface area contributed by atoms with E-state index in [-0.39, 0.29) is 0 Å². The first-order valence-corrected chi connectivity index (χ1v) is 6.17. The molecule has 94 valence electrons. The minimum Gasteiger partial charge on any atom is -0.298 e. The van der Waals surface area contributed by atoms with Crippen LogP contribution in [0.25, 0.3) is 22.0 Å². The van der Waals surface area contributed by atoms with Crippen LogP contribution in [0.4, 0.5) is 0 Å². The third kappa shape index (κ3) is 2.04. The van der Waals surface area contributed by atoms with Gasteiger partial charge in [0.1, 0.15) is 18.0 Å². The number of carbonyl (C=O) groups excluding carboxylic acids is 1. The number of hydrogen-bond donors (Lipinski definition) is 0. The van der Waals surface area contributed by atoms with Crippen molar-refractivity contribution < 1.29 is 4.79 Å². The van der Waals surface area contributed by atoms with Gasteiger partial charge in [-0.25, -0.2) is 4.98 Å². The number of nitriles is 1. The number of benzene rings is 2. The standard InChI is InChI=1S/C17H10N2O/c18-10-17-15(13-6-3-4-12(8-13)11-20)9-14-5-1-2-7-16(14)19-17/h1-9,11H. The van der Waals surface area contributed by atoms with Gasteiger partial charge in [-0.1, -0.05) is 36.4 Å². The van der Waals surface area contributed by atoms with Gasteiger partial charge < -0.3 is 0 Å². The summed E-state index contributed by atoms with van der Waals surface area (Å²) in [5, 5.41) is 10.3. The monoisotopic (exact) mass is 258 g/mol. The highest BCUT2D eigenvalue weighted by Crippen LogP contribution is 2.26. The lowest BCUT2D eigenvalue weighted by Crippen LogP contribution is -1.91. The summed E-state index contributed by atoms with van der Waals surface area (Å²) in [6, 6.07) is 18.9. The number of carbonyl (C=O) groups is 1. The largest absolute Gasteiger partial charge is 0.298 e. The summed E-state index contributed by atoms with van der Waals surface area (Å²) in [5.74, 6) is 0. The third-order valence-electron chi connectivity index (χ3n) is 3.16. The molecule has 3 aromatic rings. The summed E-state index contributed by atoms with van der Waals surface area (Å²) >= 11 is 0. The highest BCUT2D eigenvalue weighted by Gasteiger charge is 2.09. The second-order valence-corrected chi connectivity index (χ2v) is 4.43. The molecular formula is C17H10N2O. The van der Waals surface area contributed by atoms with Crippen molar-refractivity contribution >= 4 is 17.2 Å². The summed E-state index contributed by atoms with van der Waals surface area (Å²) in [7, 11) is 0. The van der Waals surface area contributed by atoms with Gasteiger partial charge in [-0.3, -0.25) is 4.79 Å². The van der Waals surface area contributed by atoms with E-state index in [9.17, 15) is 10.1 Å². The van der Waals surface area contributed by atoms with Crippen LogP contribution in [0.5, 0.6) is 0 Å². The topological polar surface area (TPSA) is 53.8 Å². The predicted octanol–water partition coefficient (Wildman–Crippen LogP) is 3.59. The number of aromatic nitrogens is 1. The summed E-state index contributed by atoms with van der Waals surface area (Å²) in [6.07, 6.45) is 0.796. The molecule has 0 atom stereocenters. The minimum atomic E-state index is 0.367. The van der Waals surface area contributed by atoms with Crippen molar-refractivity contribution in [3.8, 4) is 17.2 Å². The van der Waals surface area contributed by atoms with Crippen LogP contribution in [0.3, 0.4) is 0 Å². The van der Waals surface area contributed by atoms with Crippen molar-refractivity contribution in [2.24, 2.45) is 0 Å². The molecule has 0 radical (unpaired) electrons. The molecule has 1 heterocycles. The van der Waals surface area contributed by atoms with E-state index < -0.39 is 0 Å². The molecule has 0 unspecified atom stereocenters. The van der Waals surface area contributed by atoms with Crippen LogP contribution in [0.15, 0.2) is 54.6 Å². The van der Waals surface area contributed by atoms with Crippen molar-refractivity contribution in [1.29, 1.82) is 5.26 Å². The maximum absolute atomic E-state index is 10.9. The molecule has 0 aliphatic carbocycles. The number of para-hydroxylation sites is 1. The van der Waals surface area contributed by atoms with E-state index in [1.807, 2.05) is 36.4 Å². The van der Waals surface area contributed by atoms with Crippen molar-refractivity contribution in [2.75, 3.05) is 0 Å². The Morgan fingerprint density at radius 3 is 2.70 bits per heavy atom. The number of hydrogen-bond acceptors (Lipinski definition) is 3. The Labute approximate surface area is 116 Å². The highest BCUT2D eigenvalue weighted by molar-refractivity contribution is 5.87. The number of aldehydes is 1. The molecule has 0 fully saturated rings. The molecule has 0 amide bonds. The Kier molecular flexibility index (Phi) is 2.98. The summed E-state index contributed by atoms with van der Waals surface area (Å²) < 4.78 is 0. The van der Waals surface area contributed by atoms with E-state index in [1.54, 1.807) is 18.2 Å². The molecule has 0 N–H and O–H groups in total.